The molecule has 6 unspecified atom stereocenters. The molecule has 0 radical (unpaired) electrons. The molecule has 0 spiro atoms. The topological polar surface area (TPSA) is 46.3 Å². The lowest BCUT2D eigenvalue weighted by atomic mass is 9.84. The molecule has 3 heteroatoms. The van der Waals surface area contributed by atoms with Gasteiger partial charge in [0.2, 0.25) is 5.91 Å². The molecule has 2 bridgehead atoms. The second-order valence-corrected chi connectivity index (χ2v) is 7.62. The minimum absolute atomic E-state index is 0.0933. The van der Waals surface area contributed by atoms with Gasteiger partial charge in [-0.15, -0.1) is 0 Å². The molecular weight excluding hydrogens is 272 g/mol. The monoisotopic (exact) mass is 298 g/mol. The molecule has 118 valence electrons. The number of nitrogens with zero attached hydrogens (tertiary/aromatic N) is 1. The third-order valence-electron chi connectivity index (χ3n) is 6.39. The molecule has 1 saturated heterocycles. The van der Waals surface area contributed by atoms with Crippen LogP contribution in [0.15, 0.2) is 30.3 Å². The van der Waals surface area contributed by atoms with Gasteiger partial charge in [-0.1, -0.05) is 30.3 Å². The van der Waals surface area contributed by atoms with Crippen LogP contribution in [0.4, 0.5) is 0 Å². The van der Waals surface area contributed by atoms with Crippen LogP contribution in [0, 0.1) is 17.8 Å². The molecule has 1 aromatic carbocycles. The number of carbonyl (C=O) groups is 1. The maximum absolute atomic E-state index is 13.1. The Labute approximate surface area is 132 Å². The zero-order chi connectivity index (χ0) is 15.3. The standard InChI is InChI=1S/C19H26N2O/c1-12-9-16(13-5-3-2-4-6-13)11-21(12)19(22)17-14-7-8-15(10-14)18(17)20/h2-6,12,14-18H,7-11,20H2,1H3. The van der Waals surface area contributed by atoms with Crippen LogP contribution >= 0.6 is 0 Å². The quantitative estimate of drug-likeness (QED) is 0.912. The molecule has 3 nitrogen and oxygen atoms in total. The van der Waals surface area contributed by atoms with Gasteiger partial charge in [0.25, 0.3) is 0 Å². The zero-order valence-electron chi connectivity index (χ0n) is 13.3. The van der Waals surface area contributed by atoms with Crippen molar-refractivity contribution in [3.8, 4) is 0 Å². The van der Waals surface area contributed by atoms with E-state index in [-0.39, 0.29) is 12.0 Å². The first-order valence-corrected chi connectivity index (χ1v) is 8.76. The molecule has 22 heavy (non-hydrogen) atoms. The van der Waals surface area contributed by atoms with E-state index in [2.05, 4.69) is 42.2 Å². The summed E-state index contributed by atoms with van der Waals surface area (Å²) >= 11 is 0. The van der Waals surface area contributed by atoms with E-state index in [9.17, 15) is 4.79 Å². The van der Waals surface area contributed by atoms with E-state index in [0.717, 1.165) is 13.0 Å². The highest BCUT2D eigenvalue weighted by molar-refractivity contribution is 5.81. The van der Waals surface area contributed by atoms with Crippen LogP contribution in [0.2, 0.25) is 0 Å². The Morgan fingerprint density at radius 2 is 1.86 bits per heavy atom. The SMILES string of the molecule is CC1CC(c2ccccc2)CN1C(=O)C1C2CCC(C2)C1N. The van der Waals surface area contributed by atoms with Gasteiger partial charge in [0, 0.05) is 24.5 Å². The third-order valence-corrected chi connectivity index (χ3v) is 6.39. The van der Waals surface area contributed by atoms with Crippen molar-refractivity contribution in [2.45, 2.75) is 50.6 Å². The third kappa shape index (κ3) is 2.18. The lowest BCUT2D eigenvalue weighted by Gasteiger charge is -2.32. The lowest BCUT2D eigenvalue weighted by Crippen LogP contribution is -2.48. The lowest BCUT2D eigenvalue weighted by molar-refractivity contribution is -0.138. The van der Waals surface area contributed by atoms with Crippen molar-refractivity contribution >= 4 is 5.91 Å². The highest BCUT2D eigenvalue weighted by Crippen LogP contribution is 2.49. The Kier molecular flexibility index (Phi) is 3.48. The fourth-order valence-corrected chi connectivity index (χ4v) is 5.20. The Bertz CT molecular complexity index is 556. The average molecular weight is 298 g/mol. The molecule has 2 saturated carbocycles. The number of rotatable bonds is 2. The van der Waals surface area contributed by atoms with Crippen molar-refractivity contribution < 1.29 is 4.79 Å². The summed E-state index contributed by atoms with van der Waals surface area (Å²) in [5, 5.41) is 0. The summed E-state index contributed by atoms with van der Waals surface area (Å²) in [5.41, 5.74) is 7.74. The molecule has 4 rings (SSSR count). The molecule has 3 aliphatic rings. The van der Waals surface area contributed by atoms with E-state index in [4.69, 9.17) is 5.73 Å². The van der Waals surface area contributed by atoms with Crippen LogP contribution in [0.1, 0.15) is 44.1 Å². The molecule has 1 heterocycles. The first-order chi connectivity index (χ1) is 10.6. The number of amides is 1. The first-order valence-electron chi connectivity index (χ1n) is 8.76. The summed E-state index contributed by atoms with van der Waals surface area (Å²) in [4.78, 5) is 15.2. The van der Waals surface area contributed by atoms with Crippen LogP contribution in [0.5, 0.6) is 0 Å². The Morgan fingerprint density at radius 3 is 2.55 bits per heavy atom. The fourth-order valence-electron chi connectivity index (χ4n) is 5.20. The number of hydrogen-bond donors (Lipinski definition) is 1. The zero-order valence-corrected chi connectivity index (χ0v) is 13.3. The van der Waals surface area contributed by atoms with E-state index >= 15 is 0 Å². The van der Waals surface area contributed by atoms with Gasteiger partial charge in [0.1, 0.15) is 0 Å². The number of benzene rings is 1. The van der Waals surface area contributed by atoms with Gasteiger partial charge in [-0.05, 0) is 50.0 Å². The molecule has 2 aliphatic carbocycles. The van der Waals surface area contributed by atoms with Gasteiger partial charge in [0.15, 0.2) is 0 Å². The molecule has 2 N–H and O–H groups in total. The summed E-state index contributed by atoms with van der Waals surface area (Å²) in [5.74, 6) is 2.06. The number of hydrogen-bond acceptors (Lipinski definition) is 2. The smallest absolute Gasteiger partial charge is 0.227 e. The Balaban J connectivity index is 1.50. The minimum Gasteiger partial charge on any atom is -0.339 e. The fraction of sp³-hybridized carbons (Fsp3) is 0.632. The predicted octanol–water partition coefficient (Wildman–Crippen LogP) is 2.76. The molecule has 1 aromatic rings. The van der Waals surface area contributed by atoms with Crippen molar-refractivity contribution in [3.05, 3.63) is 35.9 Å². The van der Waals surface area contributed by atoms with Gasteiger partial charge in [-0.3, -0.25) is 4.79 Å². The Hall–Kier alpha value is -1.35. The maximum atomic E-state index is 13.1. The van der Waals surface area contributed by atoms with Gasteiger partial charge in [0.05, 0.1) is 5.92 Å². The molecular formula is C19H26N2O. The maximum Gasteiger partial charge on any atom is 0.227 e. The highest BCUT2D eigenvalue weighted by Gasteiger charge is 2.51. The summed E-state index contributed by atoms with van der Waals surface area (Å²) < 4.78 is 0. The van der Waals surface area contributed by atoms with E-state index in [0.29, 0.717) is 29.7 Å². The van der Waals surface area contributed by atoms with Crippen LogP contribution in [-0.2, 0) is 4.79 Å². The van der Waals surface area contributed by atoms with Gasteiger partial charge in [-0.25, -0.2) is 0 Å². The van der Waals surface area contributed by atoms with Gasteiger partial charge >= 0.3 is 0 Å². The predicted molar refractivity (Wildman–Crippen MR) is 87.3 cm³/mol. The normalized spacial score (nSPS) is 40.4. The minimum atomic E-state index is 0.0933. The van der Waals surface area contributed by atoms with Crippen LogP contribution in [0.3, 0.4) is 0 Å². The molecule has 1 amide bonds. The van der Waals surface area contributed by atoms with Crippen LogP contribution in [-0.4, -0.2) is 29.4 Å². The van der Waals surface area contributed by atoms with Crippen molar-refractivity contribution in [1.29, 1.82) is 0 Å². The number of fused-ring (bicyclic) bond motifs is 2. The highest BCUT2D eigenvalue weighted by atomic mass is 16.2. The molecule has 1 aliphatic heterocycles. The van der Waals surface area contributed by atoms with E-state index in [1.807, 2.05) is 0 Å². The molecule has 3 fully saturated rings. The number of likely N-dealkylation sites (tertiary alicyclic amines) is 1. The van der Waals surface area contributed by atoms with Gasteiger partial charge < -0.3 is 10.6 Å². The van der Waals surface area contributed by atoms with Crippen molar-refractivity contribution in [1.82, 2.24) is 4.90 Å². The summed E-state index contributed by atoms with van der Waals surface area (Å²) in [6, 6.07) is 11.1. The summed E-state index contributed by atoms with van der Waals surface area (Å²) in [7, 11) is 0. The van der Waals surface area contributed by atoms with Crippen LogP contribution < -0.4 is 5.73 Å². The Morgan fingerprint density at radius 1 is 1.14 bits per heavy atom. The van der Waals surface area contributed by atoms with Crippen molar-refractivity contribution in [2.24, 2.45) is 23.5 Å². The van der Waals surface area contributed by atoms with Crippen LogP contribution in [0.25, 0.3) is 0 Å². The molecule has 6 atom stereocenters. The van der Waals surface area contributed by atoms with Crippen molar-refractivity contribution in [2.75, 3.05) is 6.54 Å². The second kappa shape index (κ2) is 5.38. The van der Waals surface area contributed by atoms with E-state index in [1.54, 1.807) is 0 Å². The second-order valence-electron chi connectivity index (χ2n) is 7.62. The summed E-state index contributed by atoms with van der Waals surface area (Å²) in [6.07, 6.45) is 4.70. The summed E-state index contributed by atoms with van der Waals surface area (Å²) in [6.45, 7) is 3.06. The van der Waals surface area contributed by atoms with E-state index < -0.39 is 0 Å². The van der Waals surface area contributed by atoms with E-state index in [1.165, 1.54) is 24.8 Å². The van der Waals surface area contributed by atoms with Crippen molar-refractivity contribution in [3.63, 3.8) is 0 Å². The average Bonchev–Trinajstić information content (AvgIpc) is 3.22. The first kappa shape index (κ1) is 14.3. The number of nitrogens with two attached hydrogens (primary N) is 1. The molecule has 0 aromatic heterocycles. The van der Waals surface area contributed by atoms with Gasteiger partial charge in [-0.2, -0.15) is 0 Å². The largest absolute Gasteiger partial charge is 0.339 e. The number of carbonyl (C=O) groups excluding carboxylic acids is 1.